The maximum atomic E-state index is 12.1. The van der Waals surface area contributed by atoms with E-state index < -0.39 is 5.54 Å². The standard InChI is InChI=1S/C14H26N4O2.ClH/c1-14(2)12(19)18(13(20)16-14)10-9-17-8-4-3-5-11(17)6-7-15;/h11H,3-10,15H2,1-2H3,(H,16,20);1H. The largest absolute Gasteiger partial charge is 0.330 e. The molecule has 2 rings (SSSR count). The Balaban J connectivity index is 0.00000220. The zero-order chi connectivity index (χ0) is 14.8. The summed E-state index contributed by atoms with van der Waals surface area (Å²) in [6.45, 7) is 6.43. The molecule has 2 saturated heterocycles. The third-order valence-electron chi connectivity index (χ3n) is 4.30. The molecule has 6 nitrogen and oxygen atoms in total. The first-order chi connectivity index (χ1) is 9.45. The topological polar surface area (TPSA) is 78.7 Å². The Labute approximate surface area is 132 Å². The molecule has 0 aromatic heterocycles. The molecule has 3 amide bonds. The maximum Gasteiger partial charge on any atom is 0.325 e. The van der Waals surface area contributed by atoms with Crippen LogP contribution in [0, 0.1) is 0 Å². The number of halogens is 1. The van der Waals surface area contributed by atoms with Crippen molar-refractivity contribution in [1.82, 2.24) is 15.1 Å². The van der Waals surface area contributed by atoms with Crippen molar-refractivity contribution in [3.63, 3.8) is 0 Å². The number of nitrogens with zero attached hydrogens (tertiary/aromatic N) is 2. The molecule has 0 aromatic rings. The van der Waals surface area contributed by atoms with Crippen LogP contribution >= 0.6 is 12.4 Å². The predicted octanol–water partition coefficient (Wildman–Crippen LogP) is 0.942. The second-order valence-corrected chi connectivity index (χ2v) is 6.27. The van der Waals surface area contributed by atoms with E-state index in [0.29, 0.717) is 19.1 Å². The number of hydrogen-bond donors (Lipinski definition) is 2. The van der Waals surface area contributed by atoms with Crippen molar-refractivity contribution in [3.05, 3.63) is 0 Å². The lowest BCUT2D eigenvalue weighted by Crippen LogP contribution is -2.46. The lowest BCUT2D eigenvalue weighted by molar-refractivity contribution is -0.130. The molecule has 0 bridgehead atoms. The van der Waals surface area contributed by atoms with Crippen molar-refractivity contribution in [3.8, 4) is 0 Å². The predicted molar refractivity (Wildman–Crippen MR) is 84.5 cm³/mol. The van der Waals surface area contributed by atoms with Gasteiger partial charge in [-0.3, -0.25) is 14.6 Å². The van der Waals surface area contributed by atoms with Gasteiger partial charge in [0.1, 0.15) is 5.54 Å². The van der Waals surface area contributed by atoms with Gasteiger partial charge in [0.25, 0.3) is 5.91 Å². The summed E-state index contributed by atoms with van der Waals surface area (Å²) in [7, 11) is 0. The number of urea groups is 1. The minimum absolute atomic E-state index is 0. The molecule has 1 atom stereocenters. The highest BCUT2D eigenvalue weighted by Gasteiger charge is 2.44. The fourth-order valence-electron chi connectivity index (χ4n) is 3.12. The van der Waals surface area contributed by atoms with E-state index in [1.54, 1.807) is 13.8 Å². The Morgan fingerprint density at radius 3 is 2.57 bits per heavy atom. The molecule has 0 spiro atoms. The van der Waals surface area contributed by atoms with Crippen LogP contribution < -0.4 is 11.1 Å². The molecule has 0 aliphatic carbocycles. The Bertz CT molecular complexity index is 387. The molecular weight excluding hydrogens is 292 g/mol. The van der Waals surface area contributed by atoms with Crippen LogP contribution in [-0.2, 0) is 4.79 Å². The molecule has 0 aromatic carbocycles. The number of nitrogens with one attached hydrogen (secondary N) is 1. The monoisotopic (exact) mass is 318 g/mol. The summed E-state index contributed by atoms with van der Waals surface area (Å²) >= 11 is 0. The number of carbonyl (C=O) groups is 2. The number of amides is 3. The Morgan fingerprint density at radius 2 is 2.00 bits per heavy atom. The van der Waals surface area contributed by atoms with Gasteiger partial charge >= 0.3 is 6.03 Å². The summed E-state index contributed by atoms with van der Waals surface area (Å²) in [4.78, 5) is 27.7. The molecule has 21 heavy (non-hydrogen) atoms. The van der Waals surface area contributed by atoms with Gasteiger partial charge in [0.2, 0.25) is 0 Å². The van der Waals surface area contributed by atoms with E-state index in [9.17, 15) is 9.59 Å². The van der Waals surface area contributed by atoms with Gasteiger partial charge in [-0.2, -0.15) is 0 Å². The van der Waals surface area contributed by atoms with Gasteiger partial charge in [0.05, 0.1) is 0 Å². The summed E-state index contributed by atoms with van der Waals surface area (Å²) in [5, 5.41) is 2.72. The minimum Gasteiger partial charge on any atom is -0.330 e. The molecule has 2 fully saturated rings. The van der Waals surface area contributed by atoms with Crippen LogP contribution in [0.2, 0.25) is 0 Å². The number of rotatable bonds is 5. The summed E-state index contributed by atoms with van der Waals surface area (Å²) in [5.74, 6) is -0.130. The highest BCUT2D eigenvalue weighted by Crippen LogP contribution is 2.20. The van der Waals surface area contributed by atoms with Crippen molar-refractivity contribution in [2.75, 3.05) is 26.2 Å². The molecule has 2 aliphatic rings. The maximum absolute atomic E-state index is 12.1. The quantitative estimate of drug-likeness (QED) is 0.740. The van der Waals surface area contributed by atoms with Crippen LogP contribution in [0.4, 0.5) is 4.79 Å². The van der Waals surface area contributed by atoms with Crippen LogP contribution in [0.1, 0.15) is 39.5 Å². The Morgan fingerprint density at radius 1 is 1.29 bits per heavy atom. The molecule has 2 heterocycles. The van der Waals surface area contributed by atoms with E-state index in [0.717, 1.165) is 19.5 Å². The summed E-state index contributed by atoms with van der Waals surface area (Å²) in [5.41, 5.74) is 4.90. The van der Waals surface area contributed by atoms with E-state index in [2.05, 4.69) is 10.2 Å². The van der Waals surface area contributed by atoms with Crippen LogP contribution in [0.15, 0.2) is 0 Å². The third-order valence-corrected chi connectivity index (χ3v) is 4.30. The summed E-state index contributed by atoms with van der Waals surface area (Å²) in [6.07, 6.45) is 4.60. The fraction of sp³-hybridized carbons (Fsp3) is 0.857. The lowest BCUT2D eigenvalue weighted by atomic mass is 9.99. The zero-order valence-electron chi connectivity index (χ0n) is 12.9. The lowest BCUT2D eigenvalue weighted by Gasteiger charge is -2.36. The normalized spacial score (nSPS) is 25.7. The van der Waals surface area contributed by atoms with E-state index in [1.807, 2.05) is 0 Å². The van der Waals surface area contributed by atoms with Crippen LogP contribution in [0.3, 0.4) is 0 Å². The van der Waals surface area contributed by atoms with Crippen molar-refractivity contribution in [2.45, 2.75) is 51.1 Å². The molecule has 2 aliphatic heterocycles. The number of nitrogens with two attached hydrogens (primary N) is 1. The average Bonchev–Trinajstić information content (AvgIpc) is 2.59. The first-order valence-corrected chi connectivity index (χ1v) is 7.54. The number of likely N-dealkylation sites (tertiary alicyclic amines) is 1. The van der Waals surface area contributed by atoms with Gasteiger partial charge in [-0.1, -0.05) is 6.42 Å². The smallest absolute Gasteiger partial charge is 0.325 e. The van der Waals surface area contributed by atoms with E-state index in [4.69, 9.17) is 5.73 Å². The van der Waals surface area contributed by atoms with E-state index >= 15 is 0 Å². The van der Waals surface area contributed by atoms with Gasteiger partial charge in [-0.25, -0.2) is 4.79 Å². The fourth-order valence-corrected chi connectivity index (χ4v) is 3.12. The zero-order valence-corrected chi connectivity index (χ0v) is 13.7. The average molecular weight is 319 g/mol. The molecule has 1 unspecified atom stereocenters. The van der Waals surface area contributed by atoms with Crippen molar-refractivity contribution in [1.29, 1.82) is 0 Å². The Kier molecular flexibility index (Phi) is 6.43. The van der Waals surface area contributed by atoms with Crippen LogP contribution in [0.5, 0.6) is 0 Å². The molecule has 3 N–H and O–H groups in total. The van der Waals surface area contributed by atoms with Gasteiger partial charge in [-0.15, -0.1) is 12.4 Å². The first-order valence-electron chi connectivity index (χ1n) is 7.54. The van der Waals surface area contributed by atoms with Gasteiger partial charge < -0.3 is 11.1 Å². The molecule has 122 valence electrons. The number of piperidine rings is 1. The minimum atomic E-state index is -0.768. The highest BCUT2D eigenvalue weighted by atomic mass is 35.5. The summed E-state index contributed by atoms with van der Waals surface area (Å²) < 4.78 is 0. The summed E-state index contributed by atoms with van der Waals surface area (Å²) in [6, 6.07) is 0.231. The van der Waals surface area contributed by atoms with E-state index in [1.165, 1.54) is 24.2 Å². The first kappa shape index (κ1) is 18.2. The van der Waals surface area contributed by atoms with Gasteiger partial charge in [-0.05, 0) is 46.2 Å². The molecular formula is C14H27ClN4O2. The Hall–Kier alpha value is -0.850. The van der Waals surface area contributed by atoms with Crippen LogP contribution in [0.25, 0.3) is 0 Å². The van der Waals surface area contributed by atoms with E-state index in [-0.39, 0.29) is 24.3 Å². The van der Waals surface area contributed by atoms with Gasteiger partial charge in [0, 0.05) is 19.1 Å². The number of carbonyl (C=O) groups excluding carboxylic acids is 2. The molecule has 0 radical (unpaired) electrons. The van der Waals surface area contributed by atoms with Crippen molar-refractivity contribution >= 4 is 24.3 Å². The number of hydrogen-bond acceptors (Lipinski definition) is 4. The van der Waals surface area contributed by atoms with Crippen molar-refractivity contribution in [2.24, 2.45) is 5.73 Å². The van der Waals surface area contributed by atoms with Gasteiger partial charge in [0.15, 0.2) is 0 Å². The number of imide groups is 1. The third kappa shape index (κ3) is 4.08. The highest BCUT2D eigenvalue weighted by molar-refractivity contribution is 6.06. The van der Waals surface area contributed by atoms with Crippen LogP contribution in [-0.4, -0.2) is 59.5 Å². The molecule has 0 saturated carbocycles. The second-order valence-electron chi connectivity index (χ2n) is 6.27. The second kappa shape index (κ2) is 7.42. The SMILES string of the molecule is CC1(C)NC(=O)N(CCN2CCCCC2CCN)C1=O.Cl. The molecule has 7 heteroatoms. The van der Waals surface area contributed by atoms with Crippen molar-refractivity contribution < 1.29 is 9.59 Å².